The minimum absolute atomic E-state index is 0.0193. The quantitative estimate of drug-likeness (QED) is 0.617. The molecule has 0 aromatic heterocycles. The molecular weight excluding hydrogens is 444 g/mol. The molecule has 0 saturated carbocycles. The fourth-order valence-corrected chi connectivity index (χ4v) is 4.33. The summed E-state index contributed by atoms with van der Waals surface area (Å²) in [4.78, 5) is 13.5. The third-order valence-electron chi connectivity index (χ3n) is 4.46. The normalized spacial score (nSPS) is 15.5. The largest absolute Gasteiger partial charge is 0.573 e. The highest BCUT2D eigenvalue weighted by molar-refractivity contribution is 7.89. The molecule has 1 amide bonds. The third kappa shape index (κ3) is 6.07. The molecule has 0 radical (unpaired) electrons. The third-order valence-corrected chi connectivity index (χ3v) is 6.38. The maximum atomic E-state index is 12.9. The van der Waals surface area contributed by atoms with Gasteiger partial charge in [-0.15, -0.1) is 13.2 Å². The molecule has 0 bridgehead atoms. The van der Waals surface area contributed by atoms with Crippen LogP contribution in [-0.2, 0) is 14.8 Å². The molecule has 1 heterocycles. The van der Waals surface area contributed by atoms with E-state index in [2.05, 4.69) is 4.74 Å². The highest BCUT2D eigenvalue weighted by Gasteiger charge is 2.32. The van der Waals surface area contributed by atoms with Crippen molar-refractivity contribution >= 4 is 15.9 Å². The molecule has 2 aromatic rings. The van der Waals surface area contributed by atoms with E-state index in [0.29, 0.717) is 5.75 Å². The van der Waals surface area contributed by atoms with Crippen molar-refractivity contribution in [1.29, 1.82) is 0 Å². The molecule has 0 spiro atoms. The Hall–Kier alpha value is -2.86. The van der Waals surface area contributed by atoms with Crippen molar-refractivity contribution in [3.05, 3.63) is 54.3 Å². The number of carbonyl (C=O) groups is 1. The van der Waals surface area contributed by atoms with Gasteiger partial charge in [-0.2, -0.15) is 4.31 Å². The van der Waals surface area contributed by atoms with E-state index in [9.17, 15) is 30.8 Å². The van der Waals surface area contributed by atoms with Gasteiger partial charge in [0.25, 0.3) is 5.91 Å². The predicted molar refractivity (Wildman–Crippen MR) is 100 cm³/mol. The summed E-state index contributed by atoms with van der Waals surface area (Å²) in [6, 6.07) is 9.08. The van der Waals surface area contributed by atoms with E-state index in [1.54, 1.807) is 0 Å². The van der Waals surface area contributed by atoms with Gasteiger partial charge in [0, 0.05) is 26.2 Å². The standard InChI is InChI=1S/C19H18F4N2O5S/c20-14-1-3-15(4-2-14)29-13-18(26)24-9-11-25(12-10-24)31(27,28)17-7-5-16(6-8-17)30-19(21,22)23/h1-8H,9-13H2. The molecule has 0 unspecified atom stereocenters. The maximum Gasteiger partial charge on any atom is 0.573 e. The van der Waals surface area contributed by atoms with Crippen molar-refractivity contribution in [1.82, 2.24) is 9.21 Å². The number of nitrogens with zero attached hydrogens (tertiary/aromatic N) is 2. The van der Waals surface area contributed by atoms with Gasteiger partial charge in [-0.1, -0.05) is 0 Å². The van der Waals surface area contributed by atoms with Gasteiger partial charge in [0.1, 0.15) is 17.3 Å². The number of amides is 1. The van der Waals surface area contributed by atoms with Crippen LogP contribution in [0.3, 0.4) is 0 Å². The fraction of sp³-hybridized carbons (Fsp3) is 0.316. The van der Waals surface area contributed by atoms with E-state index in [-0.39, 0.29) is 43.6 Å². The lowest BCUT2D eigenvalue weighted by Crippen LogP contribution is -2.51. The number of halogens is 4. The average Bonchev–Trinajstić information content (AvgIpc) is 2.72. The van der Waals surface area contributed by atoms with E-state index in [4.69, 9.17) is 4.74 Å². The number of hydrogen-bond donors (Lipinski definition) is 0. The number of piperazine rings is 1. The van der Waals surface area contributed by atoms with Crippen LogP contribution in [0.2, 0.25) is 0 Å². The Morgan fingerprint density at radius 1 is 0.903 bits per heavy atom. The molecule has 1 fully saturated rings. The van der Waals surface area contributed by atoms with Crippen LogP contribution in [0.4, 0.5) is 17.6 Å². The molecule has 31 heavy (non-hydrogen) atoms. The molecule has 12 heteroatoms. The first-order chi connectivity index (χ1) is 14.5. The van der Waals surface area contributed by atoms with Crippen LogP contribution in [-0.4, -0.2) is 62.7 Å². The predicted octanol–water partition coefficient (Wildman–Crippen LogP) is 2.64. The first kappa shape index (κ1) is 22.8. The summed E-state index contributed by atoms with van der Waals surface area (Å²) < 4.78 is 85.2. The topological polar surface area (TPSA) is 76.2 Å². The van der Waals surface area contributed by atoms with Crippen molar-refractivity contribution in [2.75, 3.05) is 32.8 Å². The molecule has 7 nitrogen and oxygen atoms in total. The fourth-order valence-electron chi connectivity index (χ4n) is 2.91. The van der Waals surface area contributed by atoms with E-state index >= 15 is 0 Å². The Kier molecular flexibility index (Phi) is 6.70. The van der Waals surface area contributed by atoms with E-state index in [1.807, 2.05) is 0 Å². The minimum Gasteiger partial charge on any atom is -0.484 e. The van der Waals surface area contributed by atoms with Crippen molar-refractivity contribution < 1.29 is 40.2 Å². The second kappa shape index (κ2) is 9.10. The van der Waals surface area contributed by atoms with Crippen LogP contribution in [0.1, 0.15) is 0 Å². The molecular formula is C19H18F4N2O5S. The van der Waals surface area contributed by atoms with Crippen LogP contribution < -0.4 is 9.47 Å². The lowest BCUT2D eigenvalue weighted by molar-refractivity contribution is -0.274. The van der Waals surface area contributed by atoms with Gasteiger partial charge < -0.3 is 14.4 Å². The summed E-state index contributed by atoms with van der Waals surface area (Å²) in [5.41, 5.74) is 0. The number of ether oxygens (including phenoxy) is 2. The van der Waals surface area contributed by atoms with Crippen molar-refractivity contribution in [2.45, 2.75) is 11.3 Å². The lowest BCUT2D eigenvalue weighted by atomic mass is 10.3. The lowest BCUT2D eigenvalue weighted by Gasteiger charge is -2.34. The average molecular weight is 462 g/mol. The second-order valence-corrected chi connectivity index (χ2v) is 8.48. The monoisotopic (exact) mass is 462 g/mol. The molecule has 0 aliphatic carbocycles. The van der Waals surface area contributed by atoms with Gasteiger partial charge in [0.15, 0.2) is 6.61 Å². The van der Waals surface area contributed by atoms with Gasteiger partial charge in [0.2, 0.25) is 10.0 Å². The summed E-state index contributed by atoms with van der Waals surface area (Å²) in [7, 11) is -3.94. The summed E-state index contributed by atoms with van der Waals surface area (Å²) in [5, 5.41) is 0. The number of rotatable bonds is 6. The molecule has 168 valence electrons. The van der Waals surface area contributed by atoms with Crippen LogP contribution in [0.5, 0.6) is 11.5 Å². The number of alkyl halides is 3. The van der Waals surface area contributed by atoms with Crippen molar-refractivity contribution in [2.24, 2.45) is 0 Å². The number of hydrogen-bond acceptors (Lipinski definition) is 5. The van der Waals surface area contributed by atoms with Gasteiger partial charge in [0.05, 0.1) is 4.90 Å². The van der Waals surface area contributed by atoms with Crippen LogP contribution in [0.25, 0.3) is 0 Å². The Labute approximate surface area is 175 Å². The van der Waals surface area contributed by atoms with Crippen molar-refractivity contribution in [3.8, 4) is 11.5 Å². The summed E-state index contributed by atoms with van der Waals surface area (Å²) in [6.45, 7) is 0.0100. The maximum absolute atomic E-state index is 12.9. The highest BCUT2D eigenvalue weighted by Crippen LogP contribution is 2.25. The highest BCUT2D eigenvalue weighted by atomic mass is 32.2. The van der Waals surface area contributed by atoms with Gasteiger partial charge in [-0.25, -0.2) is 12.8 Å². The first-order valence-electron chi connectivity index (χ1n) is 9.07. The SMILES string of the molecule is O=C(COc1ccc(F)cc1)N1CCN(S(=O)(=O)c2ccc(OC(F)(F)F)cc2)CC1. The molecule has 1 aliphatic rings. The summed E-state index contributed by atoms with van der Waals surface area (Å²) in [5.74, 6) is -0.981. The molecule has 0 N–H and O–H groups in total. The summed E-state index contributed by atoms with van der Waals surface area (Å²) >= 11 is 0. The zero-order valence-electron chi connectivity index (χ0n) is 16.0. The Morgan fingerprint density at radius 2 is 1.45 bits per heavy atom. The number of sulfonamides is 1. The second-order valence-electron chi connectivity index (χ2n) is 6.55. The van der Waals surface area contributed by atoms with Gasteiger partial charge in [-0.3, -0.25) is 4.79 Å². The minimum atomic E-state index is -4.87. The van der Waals surface area contributed by atoms with Gasteiger partial charge in [-0.05, 0) is 48.5 Å². The Morgan fingerprint density at radius 3 is 2.00 bits per heavy atom. The van der Waals surface area contributed by atoms with Gasteiger partial charge >= 0.3 is 6.36 Å². The summed E-state index contributed by atoms with van der Waals surface area (Å²) in [6.07, 6.45) is -4.87. The molecule has 1 saturated heterocycles. The van der Waals surface area contributed by atoms with E-state index < -0.39 is 28.0 Å². The Bertz CT molecular complexity index is 1000. The number of benzene rings is 2. The zero-order chi connectivity index (χ0) is 22.6. The zero-order valence-corrected chi connectivity index (χ0v) is 16.8. The number of carbonyl (C=O) groups excluding carboxylic acids is 1. The van der Waals surface area contributed by atoms with E-state index in [1.165, 1.54) is 29.2 Å². The molecule has 0 atom stereocenters. The smallest absolute Gasteiger partial charge is 0.484 e. The Balaban J connectivity index is 1.54. The molecule has 1 aliphatic heterocycles. The van der Waals surface area contributed by atoms with Crippen LogP contribution >= 0.6 is 0 Å². The van der Waals surface area contributed by atoms with Crippen molar-refractivity contribution in [3.63, 3.8) is 0 Å². The van der Waals surface area contributed by atoms with E-state index in [0.717, 1.165) is 28.6 Å². The molecule has 2 aromatic carbocycles. The first-order valence-corrected chi connectivity index (χ1v) is 10.5. The van der Waals surface area contributed by atoms with Crippen LogP contribution in [0.15, 0.2) is 53.4 Å². The van der Waals surface area contributed by atoms with Crippen LogP contribution in [0, 0.1) is 5.82 Å². The molecule has 3 rings (SSSR count).